The normalized spacial score (nSPS) is 15.3. The topological polar surface area (TPSA) is 112 Å². The largest absolute Gasteiger partial charge is 0.347 e. The van der Waals surface area contributed by atoms with Gasteiger partial charge in [0.15, 0.2) is 5.82 Å². The number of sulfonamides is 1. The third-order valence-corrected chi connectivity index (χ3v) is 6.59. The molecule has 11 heteroatoms. The number of nitrogens with zero attached hydrogens (tertiary/aromatic N) is 6. The number of hydrogen-bond donors (Lipinski definition) is 1. The van der Waals surface area contributed by atoms with Crippen LogP contribution < -0.4 is 19.4 Å². The minimum Gasteiger partial charge on any atom is -0.347 e. The molecule has 30 heavy (non-hydrogen) atoms. The maximum atomic E-state index is 13.0. The average Bonchev–Trinajstić information content (AvgIpc) is 3.14. The van der Waals surface area contributed by atoms with Crippen molar-refractivity contribution >= 4 is 33.5 Å². The van der Waals surface area contributed by atoms with E-state index < -0.39 is 10.0 Å². The van der Waals surface area contributed by atoms with Gasteiger partial charge in [0.1, 0.15) is 0 Å². The molecule has 2 aliphatic heterocycles. The van der Waals surface area contributed by atoms with E-state index in [1.54, 1.807) is 26.8 Å². The Morgan fingerprint density at radius 2 is 1.57 bits per heavy atom. The van der Waals surface area contributed by atoms with E-state index >= 15 is 0 Å². The Hall–Kier alpha value is -2.79. The SMILES string of the molecule is CN(C)c1nc(CNS(=O)(=O)c2cc3c4c(c2)CCN4C(=O)CC3)nc(N(C)C)n1. The molecule has 1 N–H and O–H groups in total. The molecule has 2 aromatic rings. The quantitative estimate of drug-likeness (QED) is 0.696. The Morgan fingerprint density at radius 3 is 2.17 bits per heavy atom. The molecule has 1 aromatic carbocycles. The van der Waals surface area contributed by atoms with Gasteiger partial charge in [-0.15, -0.1) is 0 Å². The van der Waals surface area contributed by atoms with Gasteiger partial charge in [-0.05, 0) is 36.1 Å². The maximum Gasteiger partial charge on any atom is 0.240 e. The van der Waals surface area contributed by atoms with Crippen molar-refractivity contribution in [2.75, 3.05) is 49.4 Å². The van der Waals surface area contributed by atoms with Gasteiger partial charge in [0.25, 0.3) is 0 Å². The van der Waals surface area contributed by atoms with Gasteiger partial charge in [0, 0.05) is 41.2 Å². The van der Waals surface area contributed by atoms with E-state index in [9.17, 15) is 13.2 Å². The summed E-state index contributed by atoms with van der Waals surface area (Å²) in [6.07, 6.45) is 1.64. The van der Waals surface area contributed by atoms with Crippen molar-refractivity contribution in [3.8, 4) is 0 Å². The minimum atomic E-state index is -3.77. The van der Waals surface area contributed by atoms with Crippen LogP contribution in [0.5, 0.6) is 0 Å². The molecule has 160 valence electrons. The molecule has 0 bridgehead atoms. The van der Waals surface area contributed by atoms with Crippen LogP contribution in [0.4, 0.5) is 17.6 Å². The molecule has 0 radical (unpaired) electrons. The number of carbonyl (C=O) groups excluding carboxylic acids is 1. The van der Waals surface area contributed by atoms with E-state index in [0.29, 0.717) is 43.5 Å². The van der Waals surface area contributed by atoms with E-state index in [-0.39, 0.29) is 17.3 Å². The van der Waals surface area contributed by atoms with Gasteiger partial charge in [-0.3, -0.25) is 4.79 Å². The molecule has 0 saturated heterocycles. The summed E-state index contributed by atoms with van der Waals surface area (Å²) >= 11 is 0. The fraction of sp³-hybridized carbons (Fsp3) is 0.474. The van der Waals surface area contributed by atoms with Gasteiger partial charge in [0.05, 0.1) is 17.1 Å². The summed E-state index contributed by atoms with van der Waals surface area (Å²) in [5.41, 5.74) is 2.72. The van der Waals surface area contributed by atoms with Gasteiger partial charge < -0.3 is 14.7 Å². The van der Waals surface area contributed by atoms with Crippen LogP contribution in [0.15, 0.2) is 17.0 Å². The zero-order valence-corrected chi connectivity index (χ0v) is 18.3. The monoisotopic (exact) mass is 431 g/mol. The molecule has 0 aliphatic carbocycles. The van der Waals surface area contributed by atoms with Crippen LogP contribution in [0.25, 0.3) is 0 Å². The third-order valence-electron chi connectivity index (χ3n) is 5.21. The number of rotatable bonds is 6. The third kappa shape index (κ3) is 3.70. The Labute approximate surface area is 176 Å². The molecule has 0 unspecified atom stereocenters. The first-order valence-electron chi connectivity index (χ1n) is 9.71. The Bertz CT molecular complexity index is 1090. The summed E-state index contributed by atoms with van der Waals surface area (Å²) in [5, 5.41) is 0. The standard InChI is InChI=1S/C19H25N7O3S/c1-24(2)18-21-15(22-19(23-18)25(3)4)11-20-30(28,29)14-9-12-5-6-16(27)26-8-7-13(10-14)17(12)26/h9-10,20H,5-8,11H2,1-4H3. The molecular formula is C19H25N7O3S. The highest BCUT2D eigenvalue weighted by Gasteiger charge is 2.33. The predicted octanol–water partition coefficient (Wildman–Crippen LogP) is 0.317. The van der Waals surface area contributed by atoms with Crippen LogP contribution in [0.1, 0.15) is 23.4 Å². The lowest BCUT2D eigenvalue weighted by Crippen LogP contribution is -2.33. The van der Waals surface area contributed by atoms with Crippen molar-refractivity contribution in [2.45, 2.75) is 30.7 Å². The van der Waals surface area contributed by atoms with E-state index in [1.807, 2.05) is 28.2 Å². The van der Waals surface area contributed by atoms with E-state index in [4.69, 9.17) is 0 Å². The minimum absolute atomic E-state index is 0.0520. The number of aromatic nitrogens is 3. The van der Waals surface area contributed by atoms with Gasteiger partial charge in [-0.25, -0.2) is 13.1 Å². The number of aryl methyl sites for hydroxylation is 1. The predicted molar refractivity (Wildman–Crippen MR) is 113 cm³/mol. The van der Waals surface area contributed by atoms with Gasteiger partial charge in [0.2, 0.25) is 27.8 Å². The van der Waals surface area contributed by atoms with Crippen LogP contribution in [0.2, 0.25) is 0 Å². The summed E-state index contributed by atoms with van der Waals surface area (Å²) < 4.78 is 28.6. The lowest BCUT2D eigenvalue weighted by atomic mass is 10.00. The number of anilines is 3. The number of amides is 1. The van der Waals surface area contributed by atoms with Crippen molar-refractivity contribution in [3.63, 3.8) is 0 Å². The second kappa shape index (κ2) is 7.47. The van der Waals surface area contributed by atoms with Crippen LogP contribution >= 0.6 is 0 Å². The average molecular weight is 432 g/mol. The maximum absolute atomic E-state index is 13.0. The fourth-order valence-electron chi connectivity index (χ4n) is 3.70. The smallest absolute Gasteiger partial charge is 0.240 e. The van der Waals surface area contributed by atoms with Crippen molar-refractivity contribution in [2.24, 2.45) is 0 Å². The number of hydrogen-bond acceptors (Lipinski definition) is 8. The Morgan fingerprint density at radius 1 is 0.967 bits per heavy atom. The highest BCUT2D eigenvalue weighted by Crippen LogP contribution is 2.38. The van der Waals surface area contributed by atoms with E-state index in [1.165, 1.54) is 0 Å². The van der Waals surface area contributed by atoms with Crippen molar-refractivity contribution in [1.29, 1.82) is 0 Å². The van der Waals surface area contributed by atoms with Crippen LogP contribution in [-0.4, -0.2) is 64.0 Å². The summed E-state index contributed by atoms with van der Waals surface area (Å²) in [5.74, 6) is 1.35. The first-order valence-corrected chi connectivity index (χ1v) is 11.2. The Balaban J connectivity index is 1.60. The summed E-state index contributed by atoms with van der Waals surface area (Å²) in [6.45, 7) is 0.563. The molecule has 4 rings (SSSR count). The van der Waals surface area contributed by atoms with E-state index in [2.05, 4.69) is 19.7 Å². The van der Waals surface area contributed by atoms with Crippen LogP contribution in [0, 0.1) is 0 Å². The zero-order chi connectivity index (χ0) is 21.6. The van der Waals surface area contributed by atoms with Gasteiger partial charge in [-0.2, -0.15) is 15.0 Å². The molecule has 3 heterocycles. The lowest BCUT2D eigenvalue weighted by Gasteiger charge is -2.25. The second-order valence-electron chi connectivity index (χ2n) is 7.85. The summed E-state index contributed by atoms with van der Waals surface area (Å²) in [7, 11) is 3.48. The number of benzene rings is 1. The number of nitrogens with one attached hydrogen (secondary N) is 1. The molecule has 1 amide bonds. The van der Waals surface area contributed by atoms with Gasteiger partial charge >= 0.3 is 0 Å². The molecule has 0 saturated carbocycles. The molecule has 0 fully saturated rings. The molecule has 10 nitrogen and oxygen atoms in total. The summed E-state index contributed by atoms with van der Waals surface area (Å²) in [6, 6.07) is 3.35. The highest BCUT2D eigenvalue weighted by molar-refractivity contribution is 7.89. The lowest BCUT2D eigenvalue weighted by molar-refractivity contribution is -0.118. The summed E-state index contributed by atoms with van der Waals surface area (Å²) in [4.78, 5) is 30.6. The van der Waals surface area contributed by atoms with Crippen LogP contribution in [0.3, 0.4) is 0 Å². The van der Waals surface area contributed by atoms with Gasteiger partial charge in [-0.1, -0.05) is 0 Å². The molecule has 0 spiro atoms. The first kappa shape index (κ1) is 20.5. The second-order valence-corrected chi connectivity index (χ2v) is 9.62. The fourth-order valence-corrected chi connectivity index (χ4v) is 4.78. The van der Waals surface area contributed by atoms with Crippen molar-refractivity contribution in [3.05, 3.63) is 29.1 Å². The molecular weight excluding hydrogens is 406 g/mol. The van der Waals surface area contributed by atoms with Crippen molar-refractivity contribution in [1.82, 2.24) is 19.7 Å². The van der Waals surface area contributed by atoms with Crippen molar-refractivity contribution < 1.29 is 13.2 Å². The molecule has 0 atom stereocenters. The molecule has 2 aliphatic rings. The first-order chi connectivity index (χ1) is 14.2. The highest BCUT2D eigenvalue weighted by atomic mass is 32.2. The van der Waals surface area contributed by atoms with Crippen LogP contribution in [-0.2, 0) is 34.2 Å². The zero-order valence-electron chi connectivity index (χ0n) is 17.5. The molecule has 1 aromatic heterocycles. The number of carbonyl (C=O) groups is 1. The van der Waals surface area contributed by atoms with E-state index in [0.717, 1.165) is 16.8 Å². The Kier molecular flexibility index (Phi) is 5.10.